The summed E-state index contributed by atoms with van der Waals surface area (Å²) in [5.74, 6) is 0.706. The number of rotatable bonds is 1. The van der Waals surface area contributed by atoms with Crippen LogP contribution in [0.2, 0.25) is 0 Å². The normalized spacial score (nSPS) is 22.2. The van der Waals surface area contributed by atoms with Crippen molar-refractivity contribution >= 4 is 28.5 Å². The van der Waals surface area contributed by atoms with Crippen molar-refractivity contribution in [2.45, 2.75) is 12.3 Å². The van der Waals surface area contributed by atoms with E-state index in [-0.39, 0.29) is 22.9 Å². The average Bonchev–Trinajstić information content (AvgIpc) is 2.55. The molecule has 1 aromatic heterocycles. The highest BCUT2D eigenvalue weighted by Crippen LogP contribution is 2.30. The minimum absolute atomic E-state index is 0. The van der Waals surface area contributed by atoms with E-state index in [2.05, 4.69) is 9.69 Å². The van der Waals surface area contributed by atoms with Crippen LogP contribution in [0, 0.1) is 0 Å². The molecule has 12 heavy (non-hydrogen) atoms. The molecule has 68 valence electrons. The Labute approximate surface area is 85.7 Å². The van der Waals surface area contributed by atoms with Gasteiger partial charge < -0.3 is 10.4 Å². The molecule has 5 heteroatoms. The summed E-state index contributed by atoms with van der Waals surface area (Å²) in [7, 11) is 0. The number of hydrogen-bond donors (Lipinski definition) is 2. The van der Waals surface area contributed by atoms with Gasteiger partial charge in [-0.15, -0.1) is 17.0 Å². The average molecular weight is 251 g/mol. The van der Waals surface area contributed by atoms with Crippen LogP contribution in [-0.2, 0) is 0 Å². The van der Waals surface area contributed by atoms with Crippen LogP contribution in [0.5, 0.6) is 5.88 Å². The summed E-state index contributed by atoms with van der Waals surface area (Å²) in [4.78, 5) is 0. The third-order valence-corrected chi connectivity index (χ3v) is 2.71. The van der Waals surface area contributed by atoms with E-state index in [0.717, 1.165) is 25.1 Å². The Hall–Kier alpha value is -0.130. The Morgan fingerprint density at radius 2 is 2.50 bits per heavy atom. The second-order valence-corrected chi connectivity index (χ2v) is 3.41. The second-order valence-electron chi connectivity index (χ2n) is 2.78. The summed E-state index contributed by atoms with van der Waals surface area (Å²) in [5, 5.41) is 14.5. The molecule has 2 N–H and O–H groups in total. The number of hydrogen-bond acceptors (Lipinski definition) is 4. The highest BCUT2D eigenvalue weighted by Gasteiger charge is 2.20. The number of aromatic nitrogens is 1. The predicted octanol–water partition coefficient (Wildman–Crippen LogP) is 1.50. The quantitative estimate of drug-likeness (QED) is 0.795. The minimum Gasteiger partial charge on any atom is -0.492 e. The second kappa shape index (κ2) is 4.20. The van der Waals surface area contributed by atoms with Gasteiger partial charge in [-0.3, -0.25) is 0 Å². The molecule has 1 saturated heterocycles. The number of nitrogens with zero attached hydrogens (tertiary/aromatic N) is 1. The van der Waals surface area contributed by atoms with Gasteiger partial charge in [0.1, 0.15) is 0 Å². The van der Waals surface area contributed by atoms with Gasteiger partial charge in [-0.1, -0.05) is 0 Å². The van der Waals surface area contributed by atoms with Gasteiger partial charge in [0.2, 0.25) is 5.88 Å². The fraction of sp³-hybridized carbons (Fsp3) is 0.571. The van der Waals surface area contributed by atoms with E-state index >= 15 is 0 Å². The summed E-state index contributed by atoms with van der Waals surface area (Å²) in [6.07, 6.45) is 1.12. The Balaban J connectivity index is 0.000000720. The maximum absolute atomic E-state index is 9.28. The first-order valence-corrected chi connectivity index (χ1v) is 4.55. The van der Waals surface area contributed by atoms with E-state index < -0.39 is 0 Å². The monoisotopic (exact) mass is 250 g/mol. The van der Waals surface area contributed by atoms with Crippen LogP contribution in [0.25, 0.3) is 0 Å². The zero-order chi connectivity index (χ0) is 7.68. The smallest absolute Gasteiger partial charge is 0.226 e. The van der Waals surface area contributed by atoms with Crippen molar-refractivity contribution in [2.24, 2.45) is 0 Å². The first kappa shape index (κ1) is 9.95. The van der Waals surface area contributed by atoms with E-state index in [4.69, 9.17) is 0 Å². The molecule has 1 aromatic rings. The van der Waals surface area contributed by atoms with Gasteiger partial charge >= 0.3 is 0 Å². The summed E-state index contributed by atoms with van der Waals surface area (Å²) >= 11 is 1.33. The Bertz CT molecular complexity index is 247. The lowest BCUT2D eigenvalue weighted by Crippen LogP contribution is -2.07. The predicted molar refractivity (Wildman–Crippen MR) is 54.3 cm³/mol. The van der Waals surface area contributed by atoms with Crippen molar-refractivity contribution < 1.29 is 5.11 Å². The molecular formula is C7H11BrN2OS. The van der Waals surface area contributed by atoms with E-state index in [9.17, 15) is 5.11 Å². The molecule has 3 nitrogen and oxygen atoms in total. The molecule has 2 rings (SSSR count). The number of nitrogens with one attached hydrogen (secondary N) is 1. The molecule has 0 radical (unpaired) electrons. The Kier molecular flexibility index (Phi) is 3.49. The molecule has 2 heterocycles. The zero-order valence-electron chi connectivity index (χ0n) is 6.49. The molecule has 1 aliphatic rings. The molecule has 0 amide bonds. The van der Waals surface area contributed by atoms with Crippen molar-refractivity contribution in [3.05, 3.63) is 10.9 Å². The number of halogens is 1. The number of aromatic hydroxyl groups is 1. The lowest BCUT2D eigenvalue weighted by atomic mass is 10.0. The lowest BCUT2D eigenvalue weighted by molar-refractivity contribution is 0.448. The maximum atomic E-state index is 9.28. The topological polar surface area (TPSA) is 45.2 Å². The molecule has 1 fully saturated rings. The summed E-state index contributed by atoms with van der Waals surface area (Å²) in [5.41, 5.74) is 1.01. The van der Waals surface area contributed by atoms with Crippen molar-refractivity contribution in [3.63, 3.8) is 0 Å². The fourth-order valence-corrected chi connectivity index (χ4v) is 2.11. The van der Waals surface area contributed by atoms with E-state index in [1.807, 2.05) is 5.38 Å². The van der Waals surface area contributed by atoms with Crippen molar-refractivity contribution in [2.75, 3.05) is 13.1 Å². The van der Waals surface area contributed by atoms with Gasteiger partial charge in [0.05, 0.1) is 0 Å². The van der Waals surface area contributed by atoms with Crippen LogP contribution < -0.4 is 5.32 Å². The Morgan fingerprint density at radius 3 is 3.00 bits per heavy atom. The van der Waals surface area contributed by atoms with Crippen LogP contribution >= 0.6 is 28.5 Å². The summed E-state index contributed by atoms with van der Waals surface area (Å²) in [6, 6.07) is 0. The van der Waals surface area contributed by atoms with Gasteiger partial charge in [-0.25, -0.2) is 0 Å². The van der Waals surface area contributed by atoms with Gasteiger partial charge in [-0.05, 0) is 24.5 Å². The standard InChI is InChI=1S/C7H10N2OS.BrH/c10-7-6(4-11-9-7)5-1-2-8-3-5;/h4-5,8H,1-3H2,(H,9,10);1H. The van der Waals surface area contributed by atoms with Gasteiger partial charge in [0.15, 0.2) is 0 Å². The largest absolute Gasteiger partial charge is 0.492 e. The highest BCUT2D eigenvalue weighted by atomic mass is 79.9. The SMILES string of the molecule is Br.Oc1nscc1C1CCNC1. The van der Waals surface area contributed by atoms with Crippen LogP contribution in [-0.4, -0.2) is 22.6 Å². The molecule has 0 bridgehead atoms. The molecule has 0 aliphatic carbocycles. The molecule has 0 saturated carbocycles. The van der Waals surface area contributed by atoms with Crippen LogP contribution in [0.3, 0.4) is 0 Å². The first-order valence-electron chi connectivity index (χ1n) is 3.72. The summed E-state index contributed by atoms with van der Waals surface area (Å²) < 4.78 is 3.83. The van der Waals surface area contributed by atoms with E-state index in [0.29, 0.717) is 5.92 Å². The molecule has 1 aliphatic heterocycles. The third kappa shape index (κ3) is 1.78. The van der Waals surface area contributed by atoms with Gasteiger partial charge in [0.25, 0.3) is 0 Å². The highest BCUT2D eigenvalue weighted by molar-refractivity contribution is 8.93. The molecule has 0 spiro atoms. The van der Waals surface area contributed by atoms with E-state index in [1.54, 1.807) is 0 Å². The molecule has 1 atom stereocenters. The lowest BCUT2D eigenvalue weighted by Gasteiger charge is -2.03. The van der Waals surface area contributed by atoms with Crippen molar-refractivity contribution in [1.82, 2.24) is 9.69 Å². The zero-order valence-corrected chi connectivity index (χ0v) is 9.02. The molecular weight excluding hydrogens is 240 g/mol. The fourth-order valence-electron chi connectivity index (χ4n) is 1.44. The van der Waals surface area contributed by atoms with Crippen LogP contribution in [0.1, 0.15) is 17.9 Å². The van der Waals surface area contributed by atoms with Gasteiger partial charge in [-0.2, -0.15) is 4.37 Å². The van der Waals surface area contributed by atoms with Crippen LogP contribution in [0.15, 0.2) is 5.38 Å². The van der Waals surface area contributed by atoms with E-state index in [1.165, 1.54) is 11.5 Å². The van der Waals surface area contributed by atoms with Crippen molar-refractivity contribution in [3.8, 4) is 5.88 Å². The first-order chi connectivity index (χ1) is 5.38. The van der Waals surface area contributed by atoms with Crippen LogP contribution in [0.4, 0.5) is 0 Å². The third-order valence-electron chi connectivity index (χ3n) is 2.08. The Morgan fingerprint density at radius 1 is 1.67 bits per heavy atom. The minimum atomic E-state index is 0. The van der Waals surface area contributed by atoms with Crippen molar-refractivity contribution in [1.29, 1.82) is 0 Å². The van der Waals surface area contributed by atoms with Gasteiger partial charge in [0, 0.05) is 23.4 Å². The molecule has 0 aromatic carbocycles. The summed E-state index contributed by atoms with van der Waals surface area (Å²) in [6.45, 7) is 2.03. The maximum Gasteiger partial charge on any atom is 0.226 e. The molecule has 1 unspecified atom stereocenters.